The van der Waals surface area contributed by atoms with Crippen LogP contribution >= 0.6 is 0 Å². The Bertz CT molecular complexity index is 990. The Labute approximate surface area is 184 Å². The number of tetrazole rings is 1. The third-order valence-electron chi connectivity index (χ3n) is 5.33. The summed E-state index contributed by atoms with van der Waals surface area (Å²) in [5.74, 6) is 3.19. The van der Waals surface area contributed by atoms with Crippen LogP contribution < -0.4 is 4.74 Å². The minimum Gasteiger partial charge on any atom is -0.496 e. The maximum Gasteiger partial charge on any atom is 0.219 e. The zero-order valence-electron chi connectivity index (χ0n) is 19.7. The Hall–Kier alpha value is -2.77. The van der Waals surface area contributed by atoms with Gasteiger partial charge in [0, 0.05) is 17.9 Å². The first-order chi connectivity index (χ1) is 14.7. The monoisotopic (exact) mass is 426 g/mol. The van der Waals surface area contributed by atoms with E-state index in [9.17, 15) is 0 Å². The van der Waals surface area contributed by atoms with E-state index in [1.54, 1.807) is 11.9 Å². The number of hydrogen-bond acceptors (Lipinski definition) is 7. The van der Waals surface area contributed by atoms with Crippen molar-refractivity contribution in [1.82, 2.24) is 30.4 Å². The average Bonchev–Trinajstić information content (AvgIpc) is 3.37. The quantitative estimate of drug-likeness (QED) is 0.449. The molecular formula is C23H34N6O2. The van der Waals surface area contributed by atoms with E-state index < -0.39 is 0 Å². The lowest BCUT2D eigenvalue weighted by Gasteiger charge is -2.22. The molecule has 0 amide bonds. The molecule has 0 fully saturated rings. The standard InChI is InChI=1S/C23H34N6O2/c1-15(2)22-26-24-20(31-22)14-23(5,6)12-8-9-17-13-18(10-11-19(17)30-7)21-25-28-29(27-21)16(3)4/h10-11,13,15-16H,8-9,12,14H2,1-7H3. The van der Waals surface area contributed by atoms with Gasteiger partial charge in [0.15, 0.2) is 0 Å². The number of aromatic nitrogens is 6. The summed E-state index contributed by atoms with van der Waals surface area (Å²) in [4.78, 5) is 1.63. The summed E-state index contributed by atoms with van der Waals surface area (Å²) in [7, 11) is 1.71. The van der Waals surface area contributed by atoms with Gasteiger partial charge in [-0.25, -0.2) is 0 Å². The van der Waals surface area contributed by atoms with E-state index in [0.717, 1.165) is 42.6 Å². The second kappa shape index (κ2) is 9.58. The summed E-state index contributed by atoms with van der Waals surface area (Å²) in [5, 5.41) is 21.2. The number of nitrogens with zero attached hydrogens (tertiary/aromatic N) is 6. The van der Waals surface area contributed by atoms with E-state index in [4.69, 9.17) is 9.15 Å². The Morgan fingerprint density at radius 1 is 1.10 bits per heavy atom. The van der Waals surface area contributed by atoms with Crippen molar-refractivity contribution in [3.05, 3.63) is 35.5 Å². The molecule has 168 valence electrons. The molecule has 0 N–H and O–H groups in total. The molecule has 1 aromatic carbocycles. The van der Waals surface area contributed by atoms with E-state index in [1.165, 1.54) is 0 Å². The first-order valence-electron chi connectivity index (χ1n) is 11.0. The molecule has 3 rings (SSSR count). The predicted molar refractivity (Wildman–Crippen MR) is 119 cm³/mol. The number of ether oxygens (including phenoxy) is 1. The van der Waals surface area contributed by atoms with Crippen LogP contribution in [0, 0.1) is 5.41 Å². The van der Waals surface area contributed by atoms with Gasteiger partial charge in [0.05, 0.1) is 13.2 Å². The molecular weight excluding hydrogens is 392 g/mol. The Balaban J connectivity index is 1.65. The summed E-state index contributed by atoms with van der Waals surface area (Å²) in [6.07, 6.45) is 3.72. The van der Waals surface area contributed by atoms with Gasteiger partial charge < -0.3 is 9.15 Å². The molecule has 0 radical (unpaired) electrons. The van der Waals surface area contributed by atoms with Crippen LogP contribution in [0.25, 0.3) is 11.4 Å². The van der Waals surface area contributed by atoms with Crippen LogP contribution in [0.4, 0.5) is 0 Å². The summed E-state index contributed by atoms with van der Waals surface area (Å²) >= 11 is 0. The van der Waals surface area contributed by atoms with Crippen molar-refractivity contribution in [2.75, 3.05) is 7.11 Å². The van der Waals surface area contributed by atoms with Crippen molar-refractivity contribution in [2.45, 2.75) is 79.2 Å². The molecule has 0 aliphatic carbocycles. The lowest BCUT2D eigenvalue weighted by molar-refractivity contribution is 0.285. The molecule has 3 aromatic rings. The highest BCUT2D eigenvalue weighted by atomic mass is 16.5. The van der Waals surface area contributed by atoms with E-state index in [0.29, 0.717) is 17.6 Å². The van der Waals surface area contributed by atoms with Gasteiger partial charge in [-0.1, -0.05) is 27.7 Å². The largest absolute Gasteiger partial charge is 0.496 e. The predicted octanol–water partition coefficient (Wildman–Crippen LogP) is 5.03. The van der Waals surface area contributed by atoms with E-state index in [1.807, 2.05) is 26.0 Å². The zero-order valence-corrected chi connectivity index (χ0v) is 19.7. The van der Waals surface area contributed by atoms with Gasteiger partial charge in [-0.3, -0.25) is 0 Å². The van der Waals surface area contributed by atoms with Crippen molar-refractivity contribution in [2.24, 2.45) is 5.41 Å². The summed E-state index contributed by atoms with van der Waals surface area (Å²) in [6, 6.07) is 6.25. The molecule has 2 heterocycles. The molecule has 0 saturated carbocycles. The van der Waals surface area contributed by atoms with E-state index >= 15 is 0 Å². The highest BCUT2D eigenvalue weighted by molar-refractivity contribution is 5.58. The van der Waals surface area contributed by atoms with Crippen molar-refractivity contribution in [3.8, 4) is 17.1 Å². The number of methoxy groups -OCH3 is 1. The van der Waals surface area contributed by atoms with E-state index in [2.05, 4.69) is 59.4 Å². The molecule has 0 unspecified atom stereocenters. The van der Waals surface area contributed by atoms with Crippen LogP contribution in [0.1, 0.15) is 83.7 Å². The topological polar surface area (TPSA) is 91.8 Å². The minimum absolute atomic E-state index is 0.0626. The highest BCUT2D eigenvalue weighted by Gasteiger charge is 2.23. The molecule has 8 nitrogen and oxygen atoms in total. The Morgan fingerprint density at radius 3 is 2.48 bits per heavy atom. The van der Waals surface area contributed by atoms with Crippen LogP contribution in [-0.4, -0.2) is 37.5 Å². The maximum absolute atomic E-state index is 5.80. The lowest BCUT2D eigenvalue weighted by Crippen LogP contribution is -2.15. The van der Waals surface area contributed by atoms with Crippen molar-refractivity contribution >= 4 is 0 Å². The molecule has 8 heteroatoms. The van der Waals surface area contributed by atoms with E-state index in [-0.39, 0.29) is 17.4 Å². The smallest absolute Gasteiger partial charge is 0.219 e. The summed E-state index contributed by atoms with van der Waals surface area (Å²) in [5.41, 5.74) is 2.17. The first-order valence-corrected chi connectivity index (χ1v) is 11.0. The Kier molecular flexibility index (Phi) is 7.08. The molecule has 0 atom stereocenters. The third kappa shape index (κ3) is 5.89. The fourth-order valence-corrected chi connectivity index (χ4v) is 3.50. The summed E-state index contributed by atoms with van der Waals surface area (Å²) < 4.78 is 11.4. The molecule has 0 spiro atoms. The van der Waals surface area contributed by atoms with Gasteiger partial charge in [-0.15, -0.1) is 20.4 Å². The van der Waals surface area contributed by atoms with Crippen molar-refractivity contribution < 1.29 is 9.15 Å². The van der Waals surface area contributed by atoms with Gasteiger partial charge in [0.2, 0.25) is 17.6 Å². The number of hydrogen-bond donors (Lipinski definition) is 0. The minimum atomic E-state index is 0.0626. The summed E-state index contributed by atoms with van der Waals surface area (Å²) in [6.45, 7) is 12.7. The molecule has 2 aromatic heterocycles. The number of benzene rings is 1. The molecule has 31 heavy (non-hydrogen) atoms. The maximum atomic E-state index is 5.80. The fraction of sp³-hybridized carbons (Fsp3) is 0.609. The highest BCUT2D eigenvalue weighted by Crippen LogP contribution is 2.31. The molecule has 0 bridgehead atoms. The first kappa shape index (κ1) is 22.9. The lowest BCUT2D eigenvalue weighted by atomic mass is 9.83. The SMILES string of the molecule is COc1ccc(-c2nnn(C(C)C)n2)cc1CCCC(C)(C)Cc1nnc(C(C)C)o1. The van der Waals surface area contributed by atoms with Gasteiger partial charge in [-0.05, 0) is 67.5 Å². The number of rotatable bonds is 10. The van der Waals surface area contributed by atoms with Gasteiger partial charge in [-0.2, -0.15) is 4.80 Å². The third-order valence-corrected chi connectivity index (χ3v) is 5.33. The zero-order chi connectivity index (χ0) is 22.6. The molecule has 0 aliphatic rings. The normalized spacial score (nSPS) is 12.2. The second-order valence-corrected chi connectivity index (χ2v) is 9.44. The van der Waals surface area contributed by atoms with Crippen molar-refractivity contribution in [1.29, 1.82) is 0 Å². The van der Waals surface area contributed by atoms with Crippen molar-refractivity contribution in [3.63, 3.8) is 0 Å². The van der Waals surface area contributed by atoms with Crippen LogP contribution in [0.15, 0.2) is 22.6 Å². The van der Waals surface area contributed by atoms with Crippen LogP contribution in [-0.2, 0) is 12.8 Å². The second-order valence-electron chi connectivity index (χ2n) is 9.44. The van der Waals surface area contributed by atoms with Gasteiger partial charge >= 0.3 is 0 Å². The number of aryl methyl sites for hydroxylation is 1. The average molecular weight is 427 g/mol. The van der Waals surface area contributed by atoms with Gasteiger partial charge in [0.25, 0.3) is 0 Å². The fourth-order valence-electron chi connectivity index (χ4n) is 3.50. The van der Waals surface area contributed by atoms with Gasteiger partial charge in [0.1, 0.15) is 5.75 Å². The molecule has 0 aliphatic heterocycles. The van der Waals surface area contributed by atoms with Crippen LogP contribution in [0.5, 0.6) is 5.75 Å². The Morgan fingerprint density at radius 2 is 1.87 bits per heavy atom. The van der Waals surface area contributed by atoms with Crippen LogP contribution in [0.2, 0.25) is 0 Å². The molecule has 0 saturated heterocycles. The van der Waals surface area contributed by atoms with Crippen LogP contribution in [0.3, 0.4) is 0 Å².